The molecule has 0 N–H and O–H groups in total. The van der Waals surface area contributed by atoms with E-state index in [2.05, 4.69) is 37.5 Å². The molecule has 1 aromatic rings. The molecule has 0 unspecified atom stereocenters. The Kier molecular flexibility index (Phi) is 7.53. The predicted octanol–water partition coefficient (Wildman–Crippen LogP) is 3.72. The Morgan fingerprint density at radius 3 is 2.10 bits per heavy atom. The average Bonchev–Trinajstić information content (AvgIpc) is 2.43. The monoisotopic (exact) mass is 310 g/mol. The van der Waals surface area contributed by atoms with Crippen LogP contribution in [0.3, 0.4) is 0 Å². The first-order valence-electron chi connectivity index (χ1n) is 8.20. The van der Waals surface area contributed by atoms with Gasteiger partial charge in [0.15, 0.2) is 0 Å². The maximum Gasteiger partial charge on any atom is 0.220 e. The summed E-state index contributed by atoms with van der Waals surface area (Å²) in [5.74, 6) is 0.337. The van der Waals surface area contributed by atoms with Gasteiger partial charge < -0.3 is 9.80 Å². The first kappa shape index (κ1) is 18.3. The number of anilines is 1. The Balaban J connectivity index is 2.55. The fraction of sp³-hybridized carbons (Fsp3) is 0.765. The number of hydrogen-bond acceptors (Lipinski definition) is 4. The zero-order valence-corrected chi connectivity index (χ0v) is 15.1. The van der Waals surface area contributed by atoms with Gasteiger partial charge >= 0.3 is 0 Å². The molecule has 21 heavy (non-hydrogen) atoms. The summed E-state index contributed by atoms with van der Waals surface area (Å²) in [4.78, 5) is 16.6. The van der Waals surface area contributed by atoms with Gasteiger partial charge in [0.2, 0.25) is 5.43 Å². The minimum atomic E-state index is 0.0650. The van der Waals surface area contributed by atoms with Gasteiger partial charge in [0.25, 0.3) is 0 Å². The number of rotatable bonds is 10. The Morgan fingerprint density at radius 2 is 1.62 bits per heavy atom. The lowest BCUT2D eigenvalue weighted by Gasteiger charge is -2.27. The van der Waals surface area contributed by atoms with E-state index in [4.69, 9.17) is 12.2 Å². The summed E-state index contributed by atoms with van der Waals surface area (Å²) in [6.07, 6.45) is 3.49. The molecule has 1 aromatic carbocycles. The third-order valence-electron chi connectivity index (χ3n) is 3.93. The van der Waals surface area contributed by atoms with Crippen LogP contribution < -0.4 is 10.3 Å². The van der Waals surface area contributed by atoms with Crippen LogP contribution in [0.15, 0.2) is 4.79 Å². The Hall–Kier alpha value is -0.740. The van der Waals surface area contributed by atoms with Crippen molar-refractivity contribution in [3.63, 3.8) is 0 Å². The van der Waals surface area contributed by atoms with Gasteiger partial charge in [-0.2, -0.15) is 0 Å². The highest BCUT2D eigenvalue weighted by atomic mass is 32.1. The van der Waals surface area contributed by atoms with Gasteiger partial charge in [-0.15, -0.1) is 0 Å². The fourth-order valence-electron chi connectivity index (χ4n) is 2.92. The molecule has 0 atom stereocenters. The van der Waals surface area contributed by atoms with Gasteiger partial charge in [0.05, 0.1) is 10.2 Å². The lowest BCUT2D eigenvalue weighted by Crippen LogP contribution is -2.34. The molecular weight excluding hydrogens is 280 g/mol. The number of nitrogens with zero attached hydrogens (tertiary/aromatic N) is 2. The summed E-state index contributed by atoms with van der Waals surface area (Å²) in [5, 5.41) is 0. The minimum Gasteiger partial charge on any atom is -0.371 e. The molecule has 0 heterocycles. The molecule has 0 aliphatic heterocycles. The van der Waals surface area contributed by atoms with Crippen LogP contribution in [0.5, 0.6) is 0 Å². The van der Waals surface area contributed by atoms with E-state index in [1.165, 1.54) is 25.9 Å². The highest BCUT2D eigenvalue weighted by molar-refractivity contribution is 7.71. The average molecular weight is 311 g/mol. The molecule has 0 amide bonds. The molecule has 120 valence electrons. The molecule has 0 fully saturated rings. The first-order valence-corrected chi connectivity index (χ1v) is 8.61. The summed E-state index contributed by atoms with van der Waals surface area (Å²) >= 11 is 5.18. The number of hydrogen-bond donors (Lipinski definition) is 0. The molecular formula is C17H30N2OS. The van der Waals surface area contributed by atoms with E-state index in [9.17, 15) is 4.79 Å². The Morgan fingerprint density at radius 1 is 1.05 bits per heavy atom. The van der Waals surface area contributed by atoms with Gasteiger partial charge in [-0.3, -0.25) is 4.79 Å². The minimum absolute atomic E-state index is 0.0650. The van der Waals surface area contributed by atoms with Crippen molar-refractivity contribution in [2.24, 2.45) is 0 Å². The van der Waals surface area contributed by atoms with Crippen LogP contribution in [0.25, 0.3) is 0 Å². The van der Waals surface area contributed by atoms with Crippen molar-refractivity contribution in [1.82, 2.24) is 4.90 Å². The standard InChI is InChI=1S/C17H30N2OS/c1-6-9-19(10-7-2)12-8-11-18(5)15-14(13(3)4)17(21)16(15)20/h13H,6-12H2,1-5H3. The van der Waals surface area contributed by atoms with Gasteiger partial charge in [-0.05, 0) is 44.8 Å². The van der Waals surface area contributed by atoms with Crippen LogP contribution in [0, 0.1) is 4.51 Å². The maximum atomic E-state index is 12.0. The summed E-state index contributed by atoms with van der Waals surface area (Å²) < 4.78 is 0.547. The van der Waals surface area contributed by atoms with Crippen LogP contribution in [0.1, 0.15) is 58.4 Å². The fourth-order valence-corrected chi connectivity index (χ4v) is 3.35. The van der Waals surface area contributed by atoms with Crippen molar-refractivity contribution in [1.29, 1.82) is 0 Å². The largest absolute Gasteiger partial charge is 0.371 e. The molecule has 3 nitrogen and oxygen atoms in total. The molecule has 1 rings (SSSR count). The quantitative estimate of drug-likeness (QED) is 0.615. The highest BCUT2D eigenvalue weighted by Gasteiger charge is 2.22. The van der Waals surface area contributed by atoms with Crippen LogP contribution in [0.2, 0.25) is 0 Å². The molecule has 4 heteroatoms. The molecule has 0 saturated heterocycles. The van der Waals surface area contributed by atoms with Gasteiger partial charge in [0.1, 0.15) is 0 Å². The molecule has 0 saturated carbocycles. The van der Waals surface area contributed by atoms with E-state index in [0.29, 0.717) is 10.4 Å². The van der Waals surface area contributed by atoms with E-state index in [1.807, 2.05) is 7.05 Å². The van der Waals surface area contributed by atoms with Crippen molar-refractivity contribution < 1.29 is 0 Å². The van der Waals surface area contributed by atoms with E-state index in [0.717, 1.165) is 30.8 Å². The molecule has 0 radical (unpaired) electrons. The lowest BCUT2D eigenvalue weighted by molar-refractivity contribution is 0.272. The second kappa shape index (κ2) is 8.64. The van der Waals surface area contributed by atoms with Crippen molar-refractivity contribution in [3.8, 4) is 0 Å². The molecule has 0 bridgehead atoms. The summed E-state index contributed by atoms with van der Waals surface area (Å²) in [7, 11) is 2.02. The summed E-state index contributed by atoms with van der Waals surface area (Å²) in [5.41, 5.74) is 2.00. The smallest absolute Gasteiger partial charge is 0.220 e. The molecule has 0 spiro atoms. The van der Waals surface area contributed by atoms with Crippen molar-refractivity contribution in [2.45, 2.75) is 52.9 Å². The molecule has 0 aliphatic rings. The van der Waals surface area contributed by atoms with Crippen LogP contribution in [-0.4, -0.2) is 38.1 Å². The van der Waals surface area contributed by atoms with Crippen LogP contribution >= 0.6 is 12.2 Å². The summed E-state index contributed by atoms with van der Waals surface area (Å²) in [6.45, 7) is 13.0. The Labute approximate surface area is 134 Å². The summed E-state index contributed by atoms with van der Waals surface area (Å²) in [6, 6.07) is 0. The third kappa shape index (κ3) is 4.62. The van der Waals surface area contributed by atoms with E-state index in [1.54, 1.807) is 0 Å². The highest BCUT2D eigenvalue weighted by Crippen LogP contribution is 2.27. The zero-order valence-electron chi connectivity index (χ0n) is 14.2. The second-order valence-electron chi connectivity index (χ2n) is 6.19. The Bertz CT molecular complexity index is 497. The van der Waals surface area contributed by atoms with E-state index in [-0.39, 0.29) is 5.43 Å². The second-order valence-corrected chi connectivity index (χ2v) is 6.60. The van der Waals surface area contributed by atoms with Crippen molar-refractivity contribution >= 4 is 17.9 Å². The predicted molar refractivity (Wildman–Crippen MR) is 94.9 cm³/mol. The topological polar surface area (TPSA) is 23.6 Å². The van der Waals surface area contributed by atoms with E-state index < -0.39 is 0 Å². The first-order chi connectivity index (χ1) is 9.93. The van der Waals surface area contributed by atoms with Crippen LogP contribution in [0.4, 0.5) is 5.69 Å². The van der Waals surface area contributed by atoms with Crippen molar-refractivity contribution in [2.75, 3.05) is 38.1 Å². The third-order valence-corrected chi connectivity index (χ3v) is 4.33. The maximum absolute atomic E-state index is 12.0. The zero-order chi connectivity index (χ0) is 16.0. The van der Waals surface area contributed by atoms with Crippen molar-refractivity contribution in [3.05, 3.63) is 20.3 Å². The SMILES string of the molecule is CCCN(CCC)CCCN(C)c1c(C(C)C)c(=S)c1=O. The van der Waals surface area contributed by atoms with Crippen LogP contribution in [-0.2, 0) is 0 Å². The van der Waals surface area contributed by atoms with Gasteiger partial charge in [-0.1, -0.05) is 39.9 Å². The normalized spacial score (nSPS) is 11.8. The van der Waals surface area contributed by atoms with Gasteiger partial charge in [-0.25, -0.2) is 0 Å². The molecule has 0 aliphatic carbocycles. The lowest BCUT2D eigenvalue weighted by atomic mass is 9.96. The molecule has 0 aromatic heterocycles. The van der Waals surface area contributed by atoms with E-state index >= 15 is 0 Å². The van der Waals surface area contributed by atoms with Gasteiger partial charge in [0, 0.05) is 19.2 Å².